The van der Waals surface area contributed by atoms with Crippen molar-refractivity contribution < 1.29 is 9.53 Å². The number of nitrogens with two attached hydrogens (primary N) is 1. The van der Waals surface area contributed by atoms with Crippen molar-refractivity contribution in [2.75, 3.05) is 7.11 Å². The third kappa shape index (κ3) is 2.59. The van der Waals surface area contributed by atoms with Gasteiger partial charge in [-0.25, -0.2) is 0 Å². The van der Waals surface area contributed by atoms with Crippen LogP contribution in [0.15, 0.2) is 12.2 Å². The van der Waals surface area contributed by atoms with Crippen molar-refractivity contribution >= 4 is 5.97 Å². The molecular formula is C12H21NO2. The highest BCUT2D eigenvalue weighted by Gasteiger charge is 2.35. The van der Waals surface area contributed by atoms with Gasteiger partial charge < -0.3 is 10.5 Å². The Morgan fingerprint density at radius 2 is 2.07 bits per heavy atom. The first-order valence-electron chi connectivity index (χ1n) is 5.58. The molecule has 86 valence electrons. The molecule has 1 rings (SSSR count). The molecule has 1 aliphatic carbocycles. The molecule has 0 heterocycles. The summed E-state index contributed by atoms with van der Waals surface area (Å²) in [6.07, 6.45) is 4.25. The lowest BCUT2D eigenvalue weighted by molar-refractivity contribution is -0.146. The van der Waals surface area contributed by atoms with Crippen LogP contribution in [-0.2, 0) is 9.53 Å². The Labute approximate surface area is 91.7 Å². The quantitative estimate of drug-likeness (QED) is 0.574. The molecule has 1 aliphatic rings. The predicted molar refractivity (Wildman–Crippen MR) is 60.3 cm³/mol. The van der Waals surface area contributed by atoms with Gasteiger partial charge in [0.05, 0.1) is 13.0 Å². The van der Waals surface area contributed by atoms with Crippen molar-refractivity contribution in [2.24, 2.45) is 11.7 Å². The van der Waals surface area contributed by atoms with E-state index in [-0.39, 0.29) is 17.4 Å². The standard InChI is InChI=1S/C12H21NO2/c1-4-9(2)12(13)7-5-10(6-8-12)11(14)15-3/h10H,2,4-8,13H2,1,3H3. The van der Waals surface area contributed by atoms with Crippen LogP contribution in [0.2, 0.25) is 0 Å². The van der Waals surface area contributed by atoms with E-state index in [0.29, 0.717) is 0 Å². The lowest BCUT2D eigenvalue weighted by atomic mass is 9.73. The van der Waals surface area contributed by atoms with E-state index in [0.717, 1.165) is 37.7 Å². The van der Waals surface area contributed by atoms with Gasteiger partial charge in [0.2, 0.25) is 0 Å². The molecule has 0 bridgehead atoms. The Kier molecular flexibility index (Phi) is 3.91. The minimum absolute atomic E-state index is 0.0383. The maximum atomic E-state index is 11.3. The van der Waals surface area contributed by atoms with E-state index >= 15 is 0 Å². The molecule has 0 aromatic carbocycles. The first kappa shape index (κ1) is 12.2. The summed E-state index contributed by atoms with van der Waals surface area (Å²) in [5.41, 5.74) is 7.12. The van der Waals surface area contributed by atoms with Gasteiger partial charge in [0.1, 0.15) is 0 Å². The maximum absolute atomic E-state index is 11.3. The van der Waals surface area contributed by atoms with Gasteiger partial charge in [-0.1, -0.05) is 19.1 Å². The molecule has 0 aliphatic heterocycles. The number of methoxy groups -OCH3 is 1. The minimum Gasteiger partial charge on any atom is -0.469 e. The molecule has 3 nitrogen and oxygen atoms in total. The molecule has 15 heavy (non-hydrogen) atoms. The highest BCUT2D eigenvalue weighted by Crippen LogP contribution is 2.35. The molecule has 0 amide bonds. The van der Waals surface area contributed by atoms with Gasteiger partial charge in [-0.15, -0.1) is 0 Å². The van der Waals surface area contributed by atoms with Gasteiger partial charge >= 0.3 is 5.97 Å². The fourth-order valence-corrected chi connectivity index (χ4v) is 2.24. The number of carbonyl (C=O) groups excluding carboxylic acids is 1. The van der Waals surface area contributed by atoms with Crippen LogP contribution in [0.4, 0.5) is 0 Å². The number of ether oxygens (including phenoxy) is 1. The molecule has 0 aromatic rings. The summed E-state index contributed by atoms with van der Waals surface area (Å²) in [7, 11) is 1.44. The molecule has 2 N–H and O–H groups in total. The van der Waals surface area contributed by atoms with Crippen LogP contribution in [0.5, 0.6) is 0 Å². The Balaban J connectivity index is 2.55. The zero-order valence-electron chi connectivity index (χ0n) is 9.71. The number of rotatable bonds is 3. The Hall–Kier alpha value is -0.830. The highest BCUT2D eigenvalue weighted by atomic mass is 16.5. The lowest BCUT2D eigenvalue weighted by Gasteiger charge is -2.37. The third-order valence-electron chi connectivity index (χ3n) is 3.54. The van der Waals surface area contributed by atoms with Crippen LogP contribution >= 0.6 is 0 Å². The van der Waals surface area contributed by atoms with Crippen LogP contribution in [0.1, 0.15) is 39.0 Å². The monoisotopic (exact) mass is 211 g/mol. The van der Waals surface area contributed by atoms with Gasteiger partial charge in [0, 0.05) is 5.54 Å². The van der Waals surface area contributed by atoms with Gasteiger partial charge in [0.15, 0.2) is 0 Å². The first-order chi connectivity index (χ1) is 7.03. The van der Waals surface area contributed by atoms with Crippen molar-refractivity contribution in [2.45, 2.75) is 44.6 Å². The van der Waals surface area contributed by atoms with Crippen LogP contribution < -0.4 is 5.73 Å². The van der Waals surface area contributed by atoms with Crippen molar-refractivity contribution in [1.82, 2.24) is 0 Å². The maximum Gasteiger partial charge on any atom is 0.308 e. The molecule has 0 radical (unpaired) electrons. The number of esters is 1. The van der Waals surface area contributed by atoms with Crippen LogP contribution in [-0.4, -0.2) is 18.6 Å². The smallest absolute Gasteiger partial charge is 0.308 e. The SMILES string of the molecule is C=C(CC)C1(N)CCC(C(=O)OC)CC1. The van der Waals surface area contributed by atoms with Crippen LogP contribution in [0.3, 0.4) is 0 Å². The second-order valence-electron chi connectivity index (χ2n) is 4.41. The summed E-state index contributed by atoms with van der Waals surface area (Å²) in [6, 6.07) is 0. The van der Waals surface area contributed by atoms with Crippen LogP contribution in [0.25, 0.3) is 0 Å². The predicted octanol–water partition coefficient (Wildman–Crippen LogP) is 2.01. The third-order valence-corrected chi connectivity index (χ3v) is 3.54. The summed E-state index contributed by atoms with van der Waals surface area (Å²) in [5.74, 6) is -0.0597. The average molecular weight is 211 g/mol. The van der Waals surface area contributed by atoms with Crippen molar-refractivity contribution in [3.05, 3.63) is 12.2 Å². The average Bonchev–Trinajstić information content (AvgIpc) is 2.28. The van der Waals surface area contributed by atoms with E-state index in [9.17, 15) is 4.79 Å². The van der Waals surface area contributed by atoms with Gasteiger partial charge in [-0.2, -0.15) is 0 Å². The lowest BCUT2D eigenvalue weighted by Crippen LogP contribution is -2.45. The Morgan fingerprint density at radius 1 is 1.53 bits per heavy atom. The molecule has 0 saturated heterocycles. The summed E-state index contributed by atoms with van der Waals surface area (Å²) in [6.45, 7) is 6.09. The fraction of sp³-hybridized carbons (Fsp3) is 0.750. The summed E-state index contributed by atoms with van der Waals surface area (Å²) < 4.78 is 4.74. The number of carbonyl (C=O) groups is 1. The normalized spacial score (nSPS) is 31.0. The molecular weight excluding hydrogens is 190 g/mol. The fourth-order valence-electron chi connectivity index (χ4n) is 2.24. The largest absolute Gasteiger partial charge is 0.469 e. The zero-order valence-corrected chi connectivity index (χ0v) is 9.71. The molecule has 0 aromatic heterocycles. The van der Waals surface area contributed by atoms with E-state index < -0.39 is 0 Å². The molecule has 3 heteroatoms. The minimum atomic E-state index is -0.251. The molecule has 1 fully saturated rings. The van der Waals surface area contributed by atoms with E-state index in [2.05, 4.69) is 13.5 Å². The molecule has 0 atom stereocenters. The zero-order chi connectivity index (χ0) is 11.5. The Morgan fingerprint density at radius 3 is 2.47 bits per heavy atom. The van der Waals surface area contributed by atoms with Gasteiger partial charge in [-0.3, -0.25) is 4.79 Å². The van der Waals surface area contributed by atoms with Crippen molar-refractivity contribution in [1.29, 1.82) is 0 Å². The molecule has 0 unspecified atom stereocenters. The highest BCUT2D eigenvalue weighted by molar-refractivity contribution is 5.72. The molecule has 1 saturated carbocycles. The summed E-state index contributed by atoms with van der Waals surface area (Å²) >= 11 is 0. The number of hydrogen-bond acceptors (Lipinski definition) is 3. The molecule has 0 spiro atoms. The number of hydrogen-bond donors (Lipinski definition) is 1. The van der Waals surface area contributed by atoms with Crippen LogP contribution in [0, 0.1) is 5.92 Å². The first-order valence-corrected chi connectivity index (χ1v) is 5.58. The van der Waals surface area contributed by atoms with Gasteiger partial charge in [0.25, 0.3) is 0 Å². The van der Waals surface area contributed by atoms with Crippen molar-refractivity contribution in [3.8, 4) is 0 Å². The summed E-state index contributed by atoms with van der Waals surface area (Å²) in [4.78, 5) is 11.3. The Bertz CT molecular complexity index is 252. The van der Waals surface area contributed by atoms with E-state index in [1.54, 1.807) is 0 Å². The van der Waals surface area contributed by atoms with Crippen molar-refractivity contribution in [3.63, 3.8) is 0 Å². The topological polar surface area (TPSA) is 52.3 Å². The van der Waals surface area contributed by atoms with E-state index in [1.807, 2.05) is 0 Å². The second-order valence-corrected chi connectivity index (χ2v) is 4.41. The second kappa shape index (κ2) is 4.79. The van der Waals surface area contributed by atoms with Gasteiger partial charge in [-0.05, 0) is 32.1 Å². The summed E-state index contributed by atoms with van der Waals surface area (Å²) in [5, 5.41) is 0. The van der Waals surface area contributed by atoms with E-state index in [1.165, 1.54) is 7.11 Å². The van der Waals surface area contributed by atoms with E-state index in [4.69, 9.17) is 10.5 Å².